The van der Waals surface area contributed by atoms with Crippen LogP contribution in [0.15, 0.2) is 59.5 Å². The molecule has 3 rings (SSSR count). The molecule has 0 aliphatic heterocycles. The average Bonchev–Trinajstić information content (AvgIpc) is 3.05. The Labute approximate surface area is 185 Å². The van der Waals surface area contributed by atoms with Crippen LogP contribution in [-0.4, -0.2) is 31.3 Å². The number of ether oxygens (including phenoxy) is 1. The number of nitrogens with two attached hydrogens (primary N) is 1. The fraction of sp³-hybridized carbons (Fsp3) is 0.217. The maximum Gasteiger partial charge on any atom is 0.306 e. The minimum Gasteiger partial charge on any atom is -0.457 e. The van der Waals surface area contributed by atoms with Crippen LogP contribution in [0.4, 0.5) is 4.39 Å². The lowest BCUT2D eigenvalue weighted by atomic mass is 10.1. The maximum atomic E-state index is 12.9. The van der Waals surface area contributed by atoms with E-state index in [9.17, 15) is 22.4 Å². The molecular formula is C23H23FN2O5S. The van der Waals surface area contributed by atoms with Crippen molar-refractivity contribution in [3.63, 3.8) is 0 Å². The molecule has 168 valence electrons. The topological polar surface area (TPSA) is 108 Å². The number of hydrogen-bond donors (Lipinski definition) is 1. The van der Waals surface area contributed by atoms with Crippen molar-refractivity contribution >= 4 is 21.8 Å². The second kappa shape index (κ2) is 9.46. The number of esters is 1. The monoisotopic (exact) mass is 458 g/mol. The standard InChI is InChI=1S/C23H23FN2O5S/c1-15-13-21(16(2)26(15)19-8-10-20(11-9-19)32(25,29)30)22(27)14-31-23(28)12-5-17-3-6-18(24)7-4-17/h3-4,6-11,13H,5,12,14H2,1-2H3,(H2,25,29,30). The molecule has 9 heteroatoms. The van der Waals surface area contributed by atoms with Gasteiger partial charge in [0.15, 0.2) is 6.61 Å². The fourth-order valence-corrected chi connectivity index (χ4v) is 3.94. The van der Waals surface area contributed by atoms with Crippen molar-refractivity contribution in [2.75, 3.05) is 6.61 Å². The van der Waals surface area contributed by atoms with Gasteiger partial charge in [-0.3, -0.25) is 9.59 Å². The number of Topliss-reactive ketones (excluding diaryl/α,β-unsaturated/α-hetero) is 1. The molecule has 0 aliphatic rings. The highest BCUT2D eigenvalue weighted by atomic mass is 32.2. The Hall–Kier alpha value is -3.30. The SMILES string of the molecule is Cc1cc(C(=O)COC(=O)CCc2ccc(F)cc2)c(C)n1-c1ccc(S(N)(=O)=O)cc1. The maximum absolute atomic E-state index is 12.9. The zero-order valence-corrected chi connectivity index (χ0v) is 18.5. The average molecular weight is 459 g/mol. The molecule has 0 unspecified atom stereocenters. The summed E-state index contributed by atoms with van der Waals surface area (Å²) in [6.45, 7) is 3.17. The van der Waals surface area contributed by atoms with E-state index in [-0.39, 0.29) is 22.9 Å². The highest BCUT2D eigenvalue weighted by molar-refractivity contribution is 7.89. The molecule has 3 aromatic rings. The number of carbonyl (C=O) groups is 2. The van der Waals surface area contributed by atoms with Crippen molar-refractivity contribution in [2.24, 2.45) is 5.14 Å². The van der Waals surface area contributed by atoms with Crippen LogP contribution in [0.5, 0.6) is 0 Å². The minimum absolute atomic E-state index is 0.00689. The predicted octanol–water partition coefficient (Wildman–Crippen LogP) is 3.24. The second-order valence-corrected chi connectivity index (χ2v) is 8.93. The van der Waals surface area contributed by atoms with E-state index in [1.54, 1.807) is 41.8 Å². The van der Waals surface area contributed by atoms with Gasteiger partial charge in [0, 0.05) is 29.1 Å². The Kier molecular flexibility index (Phi) is 6.90. The number of rotatable bonds is 8. The van der Waals surface area contributed by atoms with Crippen molar-refractivity contribution in [3.05, 3.63) is 82.9 Å². The lowest BCUT2D eigenvalue weighted by Crippen LogP contribution is -2.15. The van der Waals surface area contributed by atoms with Gasteiger partial charge in [-0.2, -0.15) is 0 Å². The van der Waals surface area contributed by atoms with Gasteiger partial charge in [0.2, 0.25) is 15.8 Å². The number of benzene rings is 2. The zero-order valence-electron chi connectivity index (χ0n) is 17.7. The Morgan fingerprint density at radius 1 is 1.03 bits per heavy atom. The van der Waals surface area contributed by atoms with Gasteiger partial charge in [-0.05, 0) is 68.3 Å². The largest absolute Gasteiger partial charge is 0.457 e. The molecule has 0 bridgehead atoms. The Balaban J connectivity index is 1.65. The first-order chi connectivity index (χ1) is 15.1. The Morgan fingerprint density at radius 2 is 1.66 bits per heavy atom. The third-order valence-corrected chi connectivity index (χ3v) is 5.98. The highest BCUT2D eigenvalue weighted by Crippen LogP contribution is 2.22. The number of ketones is 1. The molecule has 1 heterocycles. The number of sulfonamides is 1. The quantitative estimate of drug-likeness (QED) is 0.412. The van der Waals surface area contributed by atoms with E-state index in [0.29, 0.717) is 23.4 Å². The molecule has 2 aromatic carbocycles. The van der Waals surface area contributed by atoms with Gasteiger partial charge < -0.3 is 9.30 Å². The van der Waals surface area contributed by atoms with E-state index in [4.69, 9.17) is 9.88 Å². The number of carbonyl (C=O) groups excluding carboxylic acids is 2. The predicted molar refractivity (Wildman–Crippen MR) is 117 cm³/mol. The van der Waals surface area contributed by atoms with Crippen molar-refractivity contribution in [2.45, 2.75) is 31.6 Å². The van der Waals surface area contributed by atoms with Crippen molar-refractivity contribution in [1.29, 1.82) is 0 Å². The third kappa shape index (κ3) is 5.49. The lowest BCUT2D eigenvalue weighted by Gasteiger charge is -2.10. The van der Waals surface area contributed by atoms with Crippen LogP contribution < -0.4 is 5.14 Å². The molecule has 0 radical (unpaired) electrons. The molecule has 0 amide bonds. The van der Waals surface area contributed by atoms with Crippen molar-refractivity contribution in [3.8, 4) is 5.69 Å². The van der Waals surface area contributed by atoms with E-state index in [1.165, 1.54) is 24.3 Å². The van der Waals surface area contributed by atoms with Crippen LogP contribution in [-0.2, 0) is 26.0 Å². The van der Waals surface area contributed by atoms with E-state index >= 15 is 0 Å². The molecule has 1 aromatic heterocycles. The molecule has 0 aliphatic carbocycles. The summed E-state index contributed by atoms with van der Waals surface area (Å²) in [4.78, 5) is 24.6. The molecule has 2 N–H and O–H groups in total. The van der Waals surface area contributed by atoms with Gasteiger partial charge in [-0.15, -0.1) is 0 Å². The van der Waals surface area contributed by atoms with E-state index in [1.807, 2.05) is 6.92 Å². The number of aryl methyl sites for hydroxylation is 2. The number of aromatic nitrogens is 1. The van der Waals surface area contributed by atoms with Gasteiger partial charge in [-0.1, -0.05) is 12.1 Å². The summed E-state index contributed by atoms with van der Waals surface area (Å²) in [6, 6.07) is 13.5. The molecule has 0 saturated heterocycles. The molecule has 0 fully saturated rings. The van der Waals surface area contributed by atoms with Crippen LogP contribution in [0.1, 0.15) is 33.7 Å². The van der Waals surface area contributed by atoms with E-state index < -0.39 is 22.6 Å². The first kappa shape index (κ1) is 23.4. The smallest absolute Gasteiger partial charge is 0.306 e. The van der Waals surface area contributed by atoms with Crippen LogP contribution in [0.25, 0.3) is 5.69 Å². The molecular weight excluding hydrogens is 435 g/mol. The van der Waals surface area contributed by atoms with Crippen LogP contribution in [0.3, 0.4) is 0 Å². The Bertz CT molecular complexity index is 1250. The molecule has 7 nitrogen and oxygen atoms in total. The number of hydrogen-bond acceptors (Lipinski definition) is 5. The van der Waals surface area contributed by atoms with Crippen LogP contribution in [0.2, 0.25) is 0 Å². The number of halogens is 1. The summed E-state index contributed by atoms with van der Waals surface area (Å²) < 4.78 is 42.7. The first-order valence-corrected chi connectivity index (χ1v) is 11.4. The molecule has 32 heavy (non-hydrogen) atoms. The first-order valence-electron chi connectivity index (χ1n) is 9.81. The van der Waals surface area contributed by atoms with Gasteiger partial charge in [0.05, 0.1) is 4.90 Å². The minimum atomic E-state index is -3.80. The summed E-state index contributed by atoms with van der Waals surface area (Å²) in [5.41, 5.74) is 3.27. The summed E-state index contributed by atoms with van der Waals surface area (Å²) in [5.74, 6) is -1.21. The van der Waals surface area contributed by atoms with Gasteiger partial charge in [-0.25, -0.2) is 17.9 Å². The van der Waals surface area contributed by atoms with Crippen LogP contribution >= 0.6 is 0 Å². The molecule has 0 spiro atoms. The Morgan fingerprint density at radius 3 is 2.25 bits per heavy atom. The van der Waals surface area contributed by atoms with Crippen molar-refractivity contribution < 1.29 is 27.1 Å². The van der Waals surface area contributed by atoms with Gasteiger partial charge in [0.25, 0.3) is 0 Å². The summed E-state index contributed by atoms with van der Waals surface area (Å²) in [7, 11) is -3.80. The zero-order chi connectivity index (χ0) is 23.5. The molecule has 0 atom stereocenters. The lowest BCUT2D eigenvalue weighted by molar-refractivity contribution is -0.142. The number of nitrogens with zero attached hydrogens (tertiary/aromatic N) is 1. The fourth-order valence-electron chi connectivity index (χ4n) is 3.42. The van der Waals surface area contributed by atoms with E-state index in [0.717, 1.165) is 11.3 Å². The van der Waals surface area contributed by atoms with E-state index in [2.05, 4.69) is 0 Å². The van der Waals surface area contributed by atoms with Crippen LogP contribution in [0, 0.1) is 19.7 Å². The second-order valence-electron chi connectivity index (χ2n) is 7.37. The number of primary sulfonamides is 1. The summed E-state index contributed by atoms with van der Waals surface area (Å²) in [5, 5.41) is 5.13. The summed E-state index contributed by atoms with van der Waals surface area (Å²) >= 11 is 0. The molecule has 0 saturated carbocycles. The highest BCUT2D eigenvalue weighted by Gasteiger charge is 2.18. The third-order valence-electron chi connectivity index (χ3n) is 5.05. The van der Waals surface area contributed by atoms with Gasteiger partial charge >= 0.3 is 5.97 Å². The summed E-state index contributed by atoms with van der Waals surface area (Å²) in [6.07, 6.45) is 0.463. The van der Waals surface area contributed by atoms with Crippen molar-refractivity contribution in [1.82, 2.24) is 4.57 Å². The van der Waals surface area contributed by atoms with Gasteiger partial charge in [0.1, 0.15) is 5.82 Å². The normalized spacial score (nSPS) is 11.4.